The molecule has 0 aliphatic rings. The summed E-state index contributed by atoms with van der Waals surface area (Å²) in [6.45, 7) is 2.17. The van der Waals surface area contributed by atoms with E-state index in [0.717, 1.165) is 5.75 Å². The van der Waals surface area contributed by atoms with Crippen LogP contribution < -0.4 is 5.73 Å². The van der Waals surface area contributed by atoms with Gasteiger partial charge < -0.3 is 5.73 Å². The van der Waals surface area contributed by atoms with E-state index in [1.807, 2.05) is 0 Å². The molecule has 0 heterocycles. The van der Waals surface area contributed by atoms with E-state index in [1.165, 1.54) is 23.6 Å². The van der Waals surface area contributed by atoms with Crippen molar-refractivity contribution in [2.75, 3.05) is 5.75 Å². The van der Waals surface area contributed by atoms with Crippen molar-refractivity contribution in [2.24, 2.45) is 5.73 Å². The number of unbranched alkanes of at least 4 members (excludes halogenated alkanes) is 1. The molecule has 0 bridgehead atoms. The summed E-state index contributed by atoms with van der Waals surface area (Å²) >= 11 is 4.67. The Morgan fingerprint density at radius 2 is 2.33 bits per heavy atom. The molecule has 0 atom stereocenters. The zero-order valence-corrected chi connectivity index (χ0v) is 7.87. The topological polar surface area (TPSA) is 26.0 Å². The summed E-state index contributed by atoms with van der Waals surface area (Å²) in [5.41, 5.74) is 5.25. The summed E-state index contributed by atoms with van der Waals surface area (Å²) in [5.74, 6) is 1.15. The molecule has 0 aromatic rings. The SMILES string of the molecule is CCCCSSC(N)=S. The van der Waals surface area contributed by atoms with Crippen molar-refractivity contribution in [3.05, 3.63) is 0 Å². The second-order valence-electron chi connectivity index (χ2n) is 1.58. The lowest BCUT2D eigenvalue weighted by Crippen LogP contribution is -1.99. The molecule has 0 aliphatic carbocycles. The van der Waals surface area contributed by atoms with Crippen LogP contribution in [-0.2, 0) is 0 Å². The second-order valence-corrected chi connectivity index (χ2v) is 4.73. The van der Waals surface area contributed by atoms with Gasteiger partial charge in [-0.25, -0.2) is 0 Å². The van der Waals surface area contributed by atoms with Crippen LogP contribution in [0.4, 0.5) is 0 Å². The van der Waals surface area contributed by atoms with Gasteiger partial charge in [0.25, 0.3) is 0 Å². The quantitative estimate of drug-likeness (QED) is 0.409. The van der Waals surface area contributed by atoms with E-state index < -0.39 is 0 Å². The van der Waals surface area contributed by atoms with Gasteiger partial charge in [-0.3, -0.25) is 0 Å². The lowest BCUT2D eigenvalue weighted by atomic mass is 10.4. The average Bonchev–Trinajstić information content (AvgIpc) is 1.80. The molecular formula is C5H11NS3. The van der Waals surface area contributed by atoms with Gasteiger partial charge in [-0.15, -0.1) is 0 Å². The predicted molar refractivity (Wildman–Crippen MR) is 51.7 cm³/mol. The van der Waals surface area contributed by atoms with Crippen molar-refractivity contribution in [3.63, 3.8) is 0 Å². The molecule has 0 saturated carbocycles. The highest BCUT2D eigenvalue weighted by Gasteiger charge is 1.89. The molecule has 0 fully saturated rings. The molecule has 9 heavy (non-hydrogen) atoms. The first-order valence-corrected chi connectivity index (χ1v) is 5.59. The first kappa shape index (κ1) is 9.59. The van der Waals surface area contributed by atoms with Crippen LogP contribution >= 0.6 is 33.8 Å². The van der Waals surface area contributed by atoms with Crippen molar-refractivity contribution >= 4 is 38.1 Å². The van der Waals surface area contributed by atoms with Crippen LogP contribution in [0, 0.1) is 0 Å². The molecular weight excluding hydrogens is 170 g/mol. The molecule has 2 N–H and O–H groups in total. The van der Waals surface area contributed by atoms with Gasteiger partial charge in [0.2, 0.25) is 0 Å². The zero-order chi connectivity index (χ0) is 7.11. The van der Waals surface area contributed by atoms with Gasteiger partial charge in [0, 0.05) is 5.75 Å². The van der Waals surface area contributed by atoms with Crippen molar-refractivity contribution < 1.29 is 0 Å². The lowest BCUT2D eigenvalue weighted by molar-refractivity contribution is 0.898. The Balaban J connectivity index is 2.83. The van der Waals surface area contributed by atoms with Crippen molar-refractivity contribution in [1.29, 1.82) is 0 Å². The van der Waals surface area contributed by atoms with Gasteiger partial charge in [-0.1, -0.05) is 36.4 Å². The molecule has 1 nitrogen and oxygen atoms in total. The largest absolute Gasteiger partial charge is 0.384 e. The summed E-state index contributed by atoms with van der Waals surface area (Å²) in [7, 11) is 3.23. The van der Waals surface area contributed by atoms with Crippen LogP contribution in [0.2, 0.25) is 0 Å². The van der Waals surface area contributed by atoms with Crippen molar-refractivity contribution in [1.82, 2.24) is 0 Å². The summed E-state index contributed by atoms with van der Waals surface area (Å²) in [4.78, 5) is 0. The van der Waals surface area contributed by atoms with E-state index in [-0.39, 0.29) is 0 Å². The van der Waals surface area contributed by atoms with E-state index >= 15 is 0 Å². The minimum Gasteiger partial charge on any atom is -0.384 e. The molecule has 0 radical (unpaired) electrons. The van der Waals surface area contributed by atoms with Crippen molar-refractivity contribution in [2.45, 2.75) is 19.8 Å². The molecule has 0 amide bonds. The molecule has 0 aromatic heterocycles. The van der Waals surface area contributed by atoms with E-state index in [0.29, 0.717) is 4.32 Å². The lowest BCUT2D eigenvalue weighted by Gasteiger charge is -1.94. The molecule has 0 unspecified atom stereocenters. The first-order valence-electron chi connectivity index (χ1n) is 2.86. The highest BCUT2D eigenvalue weighted by atomic mass is 33.1. The third-order valence-corrected chi connectivity index (χ3v) is 3.42. The van der Waals surface area contributed by atoms with Crippen LogP contribution in [0.1, 0.15) is 19.8 Å². The summed E-state index contributed by atoms with van der Waals surface area (Å²) in [6, 6.07) is 0. The van der Waals surface area contributed by atoms with E-state index in [9.17, 15) is 0 Å². The molecule has 0 saturated heterocycles. The number of hydrogen-bond acceptors (Lipinski definition) is 3. The summed E-state index contributed by atoms with van der Waals surface area (Å²) in [6.07, 6.45) is 2.49. The Morgan fingerprint density at radius 3 is 2.78 bits per heavy atom. The third kappa shape index (κ3) is 8.59. The normalized spacial score (nSPS) is 9.44. The van der Waals surface area contributed by atoms with Crippen LogP contribution in [0.5, 0.6) is 0 Å². The Morgan fingerprint density at radius 1 is 1.67 bits per heavy atom. The van der Waals surface area contributed by atoms with E-state index in [1.54, 1.807) is 10.8 Å². The molecule has 0 spiro atoms. The zero-order valence-electron chi connectivity index (χ0n) is 5.42. The minimum atomic E-state index is 0.538. The minimum absolute atomic E-state index is 0.538. The number of hydrogen-bond donors (Lipinski definition) is 1. The number of rotatable bonds is 4. The standard InChI is InChI=1S/C5H11NS3/c1-2-3-4-8-9-5(6)7/h2-4H2,1H3,(H2,6,7). The fourth-order valence-electron chi connectivity index (χ4n) is 0.303. The van der Waals surface area contributed by atoms with Crippen LogP contribution in [-0.4, -0.2) is 10.1 Å². The molecule has 0 aliphatic heterocycles. The van der Waals surface area contributed by atoms with E-state index in [4.69, 9.17) is 5.73 Å². The average molecular weight is 181 g/mol. The van der Waals surface area contributed by atoms with Crippen LogP contribution in [0.3, 0.4) is 0 Å². The smallest absolute Gasteiger partial charge is 0.141 e. The Bertz CT molecular complexity index is 84.3. The van der Waals surface area contributed by atoms with Gasteiger partial charge in [0.05, 0.1) is 0 Å². The Kier molecular flexibility index (Phi) is 7.15. The molecule has 0 aromatic carbocycles. The predicted octanol–water partition coefficient (Wildman–Crippen LogP) is 2.41. The van der Waals surface area contributed by atoms with Gasteiger partial charge in [-0.05, 0) is 17.2 Å². The molecule has 0 rings (SSSR count). The highest BCUT2D eigenvalue weighted by Crippen LogP contribution is 2.21. The third-order valence-electron chi connectivity index (χ3n) is 0.722. The number of nitrogens with two attached hydrogens (primary N) is 1. The van der Waals surface area contributed by atoms with Gasteiger partial charge in [-0.2, -0.15) is 0 Å². The Labute approximate surface area is 69.5 Å². The summed E-state index contributed by atoms with van der Waals surface area (Å²) in [5, 5.41) is 0. The van der Waals surface area contributed by atoms with Gasteiger partial charge in [0.1, 0.15) is 4.32 Å². The maximum Gasteiger partial charge on any atom is 0.141 e. The fourth-order valence-corrected chi connectivity index (χ4v) is 2.29. The maximum absolute atomic E-state index is 5.25. The van der Waals surface area contributed by atoms with Crippen LogP contribution in [0.25, 0.3) is 0 Å². The first-order chi connectivity index (χ1) is 4.27. The maximum atomic E-state index is 5.25. The van der Waals surface area contributed by atoms with Crippen molar-refractivity contribution in [3.8, 4) is 0 Å². The second kappa shape index (κ2) is 6.71. The highest BCUT2D eigenvalue weighted by molar-refractivity contribution is 8.83. The van der Waals surface area contributed by atoms with Crippen LogP contribution in [0.15, 0.2) is 0 Å². The summed E-state index contributed by atoms with van der Waals surface area (Å²) < 4.78 is 0.538. The van der Waals surface area contributed by atoms with Gasteiger partial charge in [0.15, 0.2) is 0 Å². The number of thiocarbonyl (C=S) groups is 1. The fraction of sp³-hybridized carbons (Fsp3) is 0.800. The monoisotopic (exact) mass is 181 g/mol. The Hall–Kier alpha value is 0.590. The molecule has 54 valence electrons. The van der Waals surface area contributed by atoms with Gasteiger partial charge >= 0.3 is 0 Å². The molecule has 4 heteroatoms. The van der Waals surface area contributed by atoms with E-state index in [2.05, 4.69) is 19.1 Å².